The Labute approximate surface area is 219 Å². The summed E-state index contributed by atoms with van der Waals surface area (Å²) in [5.74, 6) is 1.01. The van der Waals surface area contributed by atoms with Crippen molar-refractivity contribution in [1.29, 1.82) is 5.26 Å². The standard InChI is InChI=1S/C30H25N7O/c31-19-27-32-13-11-28(35-27)37-16-14-36(15-17-37)20-21-6-8-23(9-7-21)29-24(22-4-2-1-3-5-22)18-25-26(34-29)10-12-33-30(25)38/h1-13,18H,14-17,20H2,(H,33,38). The lowest BCUT2D eigenvalue weighted by atomic mass is 9.97. The van der Waals surface area contributed by atoms with Crippen molar-refractivity contribution in [3.05, 3.63) is 107 Å². The first kappa shape index (κ1) is 23.5. The van der Waals surface area contributed by atoms with Crippen molar-refractivity contribution in [2.75, 3.05) is 31.1 Å². The Balaban J connectivity index is 1.21. The van der Waals surface area contributed by atoms with Gasteiger partial charge < -0.3 is 9.88 Å². The molecule has 1 aliphatic heterocycles. The van der Waals surface area contributed by atoms with E-state index in [1.54, 1.807) is 12.4 Å². The molecule has 0 unspecified atom stereocenters. The summed E-state index contributed by atoms with van der Waals surface area (Å²) in [4.78, 5) is 33.0. The van der Waals surface area contributed by atoms with E-state index in [-0.39, 0.29) is 11.4 Å². The second-order valence-corrected chi connectivity index (χ2v) is 9.30. The number of aromatic nitrogens is 4. The van der Waals surface area contributed by atoms with Crippen LogP contribution in [-0.2, 0) is 6.54 Å². The molecule has 38 heavy (non-hydrogen) atoms. The van der Waals surface area contributed by atoms with Gasteiger partial charge in [0.2, 0.25) is 5.82 Å². The van der Waals surface area contributed by atoms with Crippen LogP contribution in [0.1, 0.15) is 11.4 Å². The molecule has 1 fully saturated rings. The lowest BCUT2D eigenvalue weighted by Gasteiger charge is -2.35. The first-order valence-corrected chi connectivity index (χ1v) is 12.6. The molecule has 3 aromatic heterocycles. The highest BCUT2D eigenvalue weighted by Gasteiger charge is 2.19. The van der Waals surface area contributed by atoms with Crippen LogP contribution < -0.4 is 10.5 Å². The molecular formula is C30H25N7O. The third-order valence-corrected chi connectivity index (χ3v) is 6.91. The molecule has 0 saturated carbocycles. The van der Waals surface area contributed by atoms with Crippen molar-refractivity contribution in [2.24, 2.45) is 0 Å². The van der Waals surface area contributed by atoms with Crippen LogP contribution >= 0.6 is 0 Å². The quantitative estimate of drug-likeness (QED) is 0.386. The van der Waals surface area contributed by atoms with Crippen LogP contribution in [0, 0.1) is 11.3 Å². The maximum Gasteiger partial charge on any atom is 0.257 e. The summed E-state index contributed by atoms with van der Waals surface area (Å²) in [6.45, 7) is 4.37. The Bertz CT molecular complexity index is 1680. The number of benzene rings is 2. The monoisotopic (exact) mass is 499 g/mol. The third kappa shape index (κ3) is 4.75. The number of hydrogen-bond donors (Lipinski definition) is 1. The third-order valence-electron chi connectivity index (χ3n) is 6.91. The van der Waals surface area contributed by atoms with E-state index in [0.29, 0.717) is 10.9 Å². The van der Waals surface area contributed by atoms with E-state index in [9.17, 15) is 4.79 Å². The first-order valence-electron chi connectivity index (χ1n) is 12.6. The van der Waals surface area contributed by atoms with E-state index in [2.05, 4.69) is 49.0 Å². The van der Waals surface area contributed by atoms with Gasteiger partial charge in [0.15, 0.2) is 0 Å². The number of piperazine rings is 1. The minimum absolute atomic E-state index is 0.139. The summed E-state index contributed by atoms with van der Waals surface area (Å²) in [7, 11) is 0. The second kappa shape index (κ2) is 10.2. The Hall–Kier alpha value is -4.87. The molecule has 1 N–H and O–H groups in total. The van der Waals surface area contributed by atoms with Gasteiger partial charge in [-0.1, -0.05) is 54.6 Å². The Morgan fingerprint density at radius 3 is 2.45 bits per heavy atom. The summed E-state index contributed by atoms with van der Waals surface area (Å²) >= 11 is 0. The highest BCUT2D eigenvalue weighted by Crippen LogP contribution is 2.32. The molecule has 6 rings (SSSR count). The smallest absolute Gasteiger partial charge is 0.257 e. The van der Waals surface area contributed by atoms with Crippen molar-refractivity contribution in [3.63, 3.8) is 0 Å². The highest BCUT2D eigenvalue weighted by molar-refractivity contribution is 5.91. The van der Waals surface area contributed by atoms with Crippen molar-refractivity contribution < 1.29 is 0 Å². The molecule has 5 aromatic rings. The minimum Gasteiger partial charge on any atom is -0.354 e. The maximum absolute atomic E-state index is 12.5. The summed E-state index contributed by atoms with van der Waals surface area (Å²) in [5.41, 5.74) is 5.59. The summed E-state index contributed by atoms with van der Waals surface area (Å²) in [5, 5.41) is 9.65. The van der Waals surface area contributed by atoms with Gasteiger partial charge in [0, 0.05) is 56.2 Å². The molecule has 186 valence electrons. The number of H-pyrrole nitrogens is 1. The zero-order chi connectivity index (χ0) is 25.9. The van der Waals surface area contributed by atoms with Gasteiger partial charge >= 0.3 is 0 Å². The molecule has 0 spiro atoms. The fraction of sp³-hybridized carbons (Fsp3) is 0.167. The lowest BCUT2D eigenvalue weighted by Crippen LogP contribution is -2.46. The van der Waals surface area contributed by atoms with Crippen LogP contribution in [0.25, 0.3) is 33.3 Å². The molecular weight excluding hydrogens is 474 g/mol. The molecule has 0 radical (unpaired) electrons. The van der Waals surface area contributed by atoms with Gasteiger partial charge in [-0.2, -0.15) is 5.26 Å². The van der Waals surface area contributed by atoms with Gasteiger partial charge in [0.1, 0.15) is 11.9 Å². The van der Waals surface area contributed by atoms with Crippen LogP contribution in [0.4, 0.5) is 5.82 Å². The van der Waals surface area contributed by atoms with Crippen molar-refractivity contribution in [2.45, 2.75) is 6.54 Å². The zero-order valence-corrected chi connectivity index (χ0v) is 20.7. The average molecular weight is 500 g/mol. The number of nitrogens with zero attached hydrogens (tertiary/aromatic N) is 6. The van der Waals surface area contributed by atoms with Gasteiger partial charge in [-0.05, 0) is 29.3 Å². The Kier molecular flexibility index (Phi) is 6.34. The topological polar surface area (TPSA) is 102 Å². The Morgan fingerprint density at radius 2 is 1.68 bits per heavy atom. The van der Waals surface area contributed by atoms with Crippen molar-refractivity contribution in [3.8, 4) is 28.5 Å². The van der Waals surface area contributed by atoms with Crippen LogP contribution in [0.5, 0.6) is 0 Å². The van der Waals surface area contributed by atoms with Gasteiger partial charge in [-0.15, -0.1) is 0 Å². The number of fused-ring (bicyclic) bond motifs is 1. The van der Waals surface area contributed by atoms with Crippen LogP contribution in [0.15, 0.2) is 90.0 Å². The Morgan fingerprint density at radius 1 is 0.895 bits per heavy atom. The molecule has 1 aliphatic rings. The molecule has 8 nitrogen and oxygen atoms in total. The maximum atomic E-state index is 12.5. The molecule has 4 heterocycles. The second-order valence-electron chi connectivity index (χ2n) is 9.30. The van der Waals surface area contributed by atoms with E-state index >= 15 is 0 Å². The van der Waals surface area contributed by atoms with E-state index in [4.69, 9.17) is 10.2 Å². The molecule has 0 amide bonds. The zero-order valence-electron chi connectivity index (χ0n) is 20.7. The normalized spacial score (nSPS) is 13.9. The highest BCUT2D eigenvalue weighted by atomic mass is 16.1. The van der Waals surface area contributed by atoms with Gasteiger partial charge in [-0.25, -0.2) is 15.0 Å². The summed E-state index contributed by atoms with van der Waals surface area (Å²) in [6, 6.07) is 26.2. The molecule has 1 saturated heterocycles. The number of nitrogens with one attached hydrogen (secondary N) is 1. The largest absolute Gasteiger partial charge is 0.354 e. The number of rotatable bonds is 5. The van der Waals surface area contributed by atoms with Crippen LogP contribution in [0.2, 0.25) is 0 Å². The summed E-state index contributed by atoms with van der Waals surface area (Å²) in [6.07, 6.45) is 3.28. The SMILES string of the molecule is N#Cc1nccc(N2CCN(Cc3ccc(-c4nc5cc[nH]c(=O)c5cc4-c4ccccc4)cc3)CC2)n1. The predicted octanol–water partition coefficient (Wildman–Crippen LogP) is 4.24. The molecule has 0 bridgehead atoms. The van der Waals surface area contributed by atoms with Crippen LogP contribution in [0.3, 0.4) is 0 Å². The molecule has 0 atom stereocenters. The molecule has 2 aromatic carbocycles. The number of aromatic amines is 1. The number of anilines is 1. The first-order chi connectivity index (χ1) is 18.7. The van der Waals surface area contributed by atoms with E-state index < -0.39 is 0 Å². The summed E-state index contributed by atoms with van der Waals surface area (Å²) < 4.78 is 0. The van der Waals surface area contributed by atoms with Gasteiger partial charge in [0.05, 0.1) is 16.6 Å². The van der Waals surface area contributed by atoms with Crippen molar-refractivity contribution >= 4 is 16.7 Å². The average Bonchev–Trinajstić information content (AvgIpc) is 2.98. The van der Waals surface area contributed by atoms with Gasteiger partial charge in [0.25, 0.3) is 5.56 Å². The number of nitriles is 1. The number of hydrogen-bond acceptors (Lipinski definition) is 7. The van der Waals surface area contributed by atoms with Crippen molar-refractivity contribution in [1.82, 2.24) is 24.8 Å². The molecule has 0 aliphatic carbocycles. The van der Waals surface area contributed by atoms with E-state index in [1.807, 2.05) is 54.6 Å². The van der Waals surface area contributed by atoms with E-state index in [0.717, 1.165) is 60.9 Å². The predicted molar refractivity (Wildman–Crippen MR) is 147 cm³/mol. The lowest BCUT2D eigenvalue weighted by molar-refractivity contribution is 0.249. The van der Waals surface area contributed by atoms with Crippen LogP contribution in [-0.4, -0.2) is 51.0 Å². The number of pyridine rings is 2. The van der Waals surface area contributed by atoms with E-state index in [1.165, 1.54) is 5.56 Å². The fourth-order valence-electron chi connectivity index (χ4n) is 4.91. The fourth-order valence-corrected chi connectivity index (χ4v) is 4.91. The molecule has 8 heteroatoms. The van der Waals surface area contributed by atoms with Gasteiger partial charge in [-0.3, -0.25) is 9.69 Å². The minimum atomic E-state index is -0.139.